The van der Waals surface area contributed by atoms with Crippen LogP contribution in [0.2, 0.25) is 0 Å². The van der Waals surface area contributed by atoms with E-state index in [2.05, 4.69) is 10.6 Å². The first-order valence-electron chi connectivity index (χ1n) is 5.11. The molecule has 2 unspecified atom stereocenters. The summed E-state index contributed by atoms with van der Waals surface area (Å²) in [5.41, 5.74) is 0. The second kappa shape index (κ2) is 10.4. The smallest absolute Gasteiger partial charge is 0.304 e. The number of hydrogen-bond donors (Lipinski definition) is 4. The molecule has 0 heterocycles. The predicted octanol–water partition coefficient (Wildman–Crippen LogP) is 0.138. The zero-order chi connectivity index (χ0) is 13.1. The number of carboxylic acids is 2. The van der Waals surface area contributed by atoms with E-state index in [1.165, 1.54) is 0 Å². The number of rotatable bonds is 6. The molecule has 0 aliphatic carbocycles. The summed E-state index contributed by atoms with van der Waals surface area (Å²) in [6, 6.07) is 0.153. The van der Waals surface area contributed by atoms with Crippen molar-refractivity contribution < 1.29 is 19.8 Å². The van der Waals surface area contributed by atoms with Crippen molar-refractivity contribution in [2.24, 2.45) is 0 Å². The van der Waals surface area contributed by atoms with Crippen molar-refractivity contribution in [3.8, 4) is 0 Å². The van der Waals surface area contributed by atoms with E-state index in [-0.39, 0.29) is 24.9 Å². The molecule has 0 bridgehead atoms. The van der Waals surface area contributed by atoms with Gasteiger partial charge in [-0.05, 0) is 27.9 Å². The van der Waals surface area contributed by atoms with Crippen LogP contribution in [0.25, 0.3) is 0 Å². The van der Waals surface area contributed by atoms with Crippen molar-refractivity contribution in [3.63, 3.8) is 0 Å². The highest BCUT2D eigenvalue weighted by Crippen LogP contribution is 1.86. The first-order valence-corrected chi connectivity index (χ1v) is 5.11. The third kappa shape index (κ3) is 15.3. The summed E-state index contributed by atoms with van der Waals surface area (Å²) in [6.07, 6.45) is 0.382. The fourth-order valence-electron chi connectivity index (χ4n) is 0.728. The van der Waals surface area contributed by atoms with Gasteiger partial charge in [-0.1, -0.05) is 0 Å². The fourth-order valence-corrected chi connectivity index (χ4v) is 0.728. The van der Waals surface area contributed by atoms with Crippen molar-refractivity contribution in [1.29, 1.82) is 0 Å². The minimum absolute atomic E-state index is 0.0764. The van der Waals surface area contributed by atoms with Gasteiger partial charge in [-0.3, -0.25) is 9.59 Å². The number of carboxylic acid groups (broad SMARTS) is 2. The first-order chi connectivity index (χ1) is 7.33. The SMILES string of the molecule is CNC(C)CC(=O)O.CNC(C)CC(=O)O. The Morgan fingerprint density at radius 2 is 1.19 bits per heavy atom. The molecule has 2 atom stereocenters. The fraction of sp³-hybridized carbons (Fsp3) is 0.800. The zero-order valence-corrected chi connectivity index (χ0v) is 10.3. The average molecular weight is 234 g/mol. The van der Waals surface area contributed by atoms with Crippen LogP contribution in [-0.2, 0) is 9.59 Å². The van der Waals surface area contributed by atoms with E-state index in [0.717, 1.165) is 0 Å². The first kappa shape index (κ1) is 17.3. The number of hydrogen-bond acceptors (Lipinski definition) is 4. The van der Waals surface area contributed by atoms with Crippen LogP contribution in [0.3, 0.4) is 0 Å². The summed E-state index contributed by atoms with van der Waals surface area (Å²) in [5.74, 6) is -1.52. The number of aliphatic carboxylic acids is 2. The van der Waals surface area contributed by atoms with Gasteiger partial charge in [0.05, 0.1) is 12.8 Å². The van der Waals surface area contributed by atoms with E-state index >= 15 is 0 Å². The Bertz CT molecular complexity index is 187. The molecule has 0 aromatic rings. The van der Waals surface area contributed by atoms with E-state index in [1.54, 1.807) is 14.1 Å². The van der Waals surface area contributed by atoms with Crippen molar-refractivity contribution in [2.75, 3.05) is 14.1 Å². The molecule has 6 heteroatoms. The van der Waals surface area contributed by atoms with Crippen LogP contribution in [-0.4, -0.2) is 48.3 Å². The third-order valence-corrected chi connectivity index (χ3v) is 1.95. The average Bonchev–Trinajstić information content (AvgIpc) is 2.16. The van der Waals surface area contributed by atoms with Gasteiger partial charge in [0.1, 0.15) is 0 Å². The van der Waals surface area contributed by atoms with E-state index < -0.39 is 11.9 Å². The molecule has 4 N–H and O–H groups in total. The molecular weight excluding hydrogens is 212 g/mol. The van der Waals surface area contributed by atoms with Crippen LogP contribution >= 0.6 is 0 Å². The lowest BCUT2D eigenvalue weighted by molar-refractivity contribution is -0.138. The van der Waals surface area contributed by atoms with Gasteiger partial charge in [0.15, 0.2) is 0 Å². The molecule has 0 amide bonds. The van der Waals surface area contributed by atoms with Gasteiger partial charge in [0.2, 0.25) is 0 Å². The maximum absolute atomic E-state index is 9.93. The van der Waals surface area contributed by atoms with Crippen molar-refractivity contribution >= 4 is 11.9 Å². The summed E-state index contributed by atoms with van der Waals surface area (Å²) in [7, 11) is 3.49. The standard InChI is InChI=1S/2C5H11NO2/c2*1-4(6-2)3-5(7)8/h2*4,6H,3H2,1-2H3,(H,7,8). The highest BCUT2D eigenvalue weighted by molar-refractivity contribution is 5.67. The Kier molecular flexibility index (Phi) is 11.2. The minimum atomic E-state index is -0.758. The van der Waals surface area contributed by atoms with Gasteiger partial charge in [0.25, 0.3) is 0 Å². The minimum Gasteiger partial charge on any atom is -0.481 e. The molecule has 0 aliphatic rings. The molecule has 0 aliphatic heterocycles. The second-order valence-electron chi connectivity index (χ2n) is 3.58. The number of nitrogens with one attached hydrogen (secondary N) is 2. The predicted molar refractivity (Wildman–Crippen MR) is 61.5 cm³/mol. The largest absolute Gasteiger partial charge is 0.481 e. The third-order valence-electron chi connectivity index (χ3n) is 1.95. The summed E-state index contributed by atoms with van der Waals surface area (Å²) in [5, 5.41) is 22.0. The normalized spacial score (nSPS) is 13.2. The topological polar surface area (TPSA) is 98.7 Å². The van der Waals surface area contributed by atoms with Crippen molar-refractivity contribution in [3.05, 3.63) is 0 Å². The molecule has 0 aromatic carbocycles. The van der Waals surface area contributed by atoms with Crippen LogP contribution in [0.1, 0.15) is 26.7 Å². The van der Waals surface area contributed by atoms with E-state index in [4.69, 9.17) is 10.2 Å². The monoisotopic (exact) mass is 234 g/mol. The summed E-state index contributed by atoms with van der Waals surface area (Å²) in [6.45, 7) is 3.66. The summed E-state index contributed by atoms with van der Waals surface area (Å²) in [4.78, 5) is 19.9. The molecule has 0 spiro atoms. The van der Waals surface area contributed by atoms with Crippen molar-refractivity contribution in [1.82, 2.24) is 10.6 Å². The quantitative estimate of drug-likeness (QED) is 0.522. The summed E-state index contributed by atoms with van der Waals surface area (Å²) < 4.78 is 0. The maximum Gasteiger partial charge on any atom is 0.304 e. The molecule has 0 rings (SSSR count). The van der Waals surface area contributed by atoms with Gasteiger partial charge >= 0.3 is 11.9 Å². The van der Waals surface area contributed by atoms with Gasteiger partial charge in [-0.15, -0.1) is 0 Å². The van der Waals surface area contributed by atoms with Crippen LogP contribution in [0.4, 0.5) is 0 Å². The Hall–Kier alpha value is -1.14. The van der Waals surface area contributed by atoms with Gasteiger partial charge in [-0.2, -0.15) is 0 Å². The van der Waals surface area contributed by atoms with E-state index in [1.807, 2.05) is 13.8 Å². The highest BCUT2D eigenvalue weighted by atomic mass is 16.4. The Labute approximate surface area is 96.0 Å². The molecule has 0 fully saturated rings. The van der Waals surface area contributed by atoms with Gasteiger partial charge in [-0.25, -0.2) is 0 Å². The lowest BCUT2D eigenvalue weighted by atomic mass is 10.2. The molecule has 6 nitrogen and oxygen atoms in total. The second-order valence-corrected chi connectivity index (χ2v) is 3.58. The van der Waals surface area contributed by atoms with Crippen LogP contribution < -0.4 is 10.6 Å². The lowest BCUT2D eigenvalue weighted by Crippen LogP contribution is -2.24. The lowest BCUT2D eigenvalue weighted by Gasteiger charge is -2.03. The Morgan fingerprint density at radius 1 is 0.938 bits per heavy atom. The molecule has 0 aromatic heterocycles. The van der Waals surface area contributed by atoms with Crippen LogP contribution in [0.5, 0.6) is 0 Å². The molecule has 0 saturated carbocycles. The molecule has 16 heavy (non-hydrogen) atoms. The van der Waals surface area contributed by atoms with Gasteiger partial charge < -0.3 is 20.8 Å². The Balaban J connectivity index is 0. The zero-order valence-electron chi connectivity index (χ0n) is 10.3. The van der Waals surface area contributed by atoms with E-state index in [9.17, 15) is 9.59 Å². The Morgan fingerprint density at radius 3 is 1.25 bits per heavy atom. The number of carbonyl (C=O) groups is 2. The van der Waals surface area contributed by atoms with Crippen molar-refractivity contribution in [2.45, 2.75) is 38.8 Å². The van der Waals surface area contributed by atoms with Crippen LogP contribution in [0, 0.1) is 0 Å². The van der Waals surface area contributed by atoms with Gasteiger partial charge in [0, 0.05) is 12.1 Å². The highest BCUT2D eigenvalue weighted by Gasteiger charge is 2.02. The molecule has 0 radical (unpaired) electrons. The maximum atomic E-state index is 9.93. The molecule has 96 valence electrons. The molecule has 0 saturated heterocycles. The molecular formula is C10H22N2O4. The van der Waals surface area contributed by atoms with E-state index in [0.29, 0.717) is 0 Å². The van der Waals surface area contributed by atoms with Crippen LogP contribution in [0.15, 0.2) is 0 Å². The summed E-state index contributed by atoms with van der Waals surface area (Å²) >= 11 is 0.